The highest BCUT2D eigenvalue weighted by Crippen LogP contribution is 2.09. The van der Waals surface area contributed by atoms with Gasteiger partial charge in [-0.1, -0.05) is 24.3 Å². The fourth-order valence-electron chi connectivity index (χ4n) is 2.89. The highest BCUT2D eigenvalue weighted by atomic mass is 16.5. The number of fused-ring (bicyclic) bond motifs is 1. The van der Waals surface area contributed by atoms with E-state index in [0.29, 0.717) is 42.7 Å². The first-order valence-corrected chi connectivity index (χ1v) is 9.24. The van der Waals surface area contributed by atoms with E-state index < -0.39 is 6.29 Å². The minimum atomic E-state index is -0.572. The van der Waals surface area contributed by atoms with E-state index in [-0.39, 0.29) is 5.91 Å². The Morgan fingerprint density at radius 3 is 2.86 bits per heavy atom. The molecule has 0 fully saturated rings. The van der Waals surface area contributed by atoms with Crippen LogP contribution in [0.5, 0.6) is 0 Å². The Morgan fingerprint density at radius 1 is 1.24 bits per heavy atom. The number of amides is 1. The smallest absolute Gasteiger partial charge is 0.220 e. The molecule has 1 aromatic heterocycles. The van der Waals surface area contributed by atoms with Gasteiger partial charge in [-0.2, -0.15) is 5.53 Å². The number of aromatic nitrogens is 2. The summed E-state index contributed by atoms with van der Waals surface area (Å²) < 4.78 is 5.83. The van der Waals surface area contributed by atoms with Crippen LogP contribution in [0.2, 0.25) is 0 Å². The van der Waals surface area contributed by atoms with Crippen LogP contribution in [0.15, 0.2) is 47.5 Å². The van der Waals surface area contributed by atoms with E-state index in [2.05, 4.69) is 42.0 Å². The molecule has 11 nitrogen and oxygen atoms in total. The Kier molecular flexibility index (Phi) is 5.59. The van der Waals surface area contributed by atoms with Gasteiger partial charge in [-0.15, -0.1) is 0 Å². The Morgan fingerprint density at radius 2 is 2.07 bits per heavy atom. The van der Waals surface area contributed by atoms with Gasteiger partial charge < -0.3 is 31.2 Å². The number of H-pyrrole nitrogens is 1. The molecule has 0 spiro atoms. The molecule has 2 aromatic rings. The Balaban J connectivity index is 1.26. The number of hydrazine groups is 2. The quantitative estimate of drug-likeness (QED) is 0.270. The maximum Gasteiger partial charge on any atom is 0.220 e. The van der Waals surface area contributed by atoms with Crippen molar-refractivity contribution in [2.75, 3.05) is 0 Å². The second-order valence-electron chi connectivity index (χ2n) is 6.59. The van der Waals surface area contributed by atoms with Crippen LogP contribution in [0.4, 0.5) is 0 Å². The number of rotatable bonds is 8. The third-order valence-corrected chi connectivity index (χ3v) is 4.44. The maximum absolute atomic E-state index is 12.0. The maximum atomic E-state index is 12.0. The number of carbonyl (C=O) groups is 1. The van der Waals surface area contributed by atoms with Crippen molar-refractivity contribution in [2.45, 2.75) is 32.3 Å². The Labute approximate surface area is 166 Å². The minimum Gasteiger partial charge on any atom is -0.473 e. The number of allylic oxidation sites excluding steroid dienone is 1. The zero-order valence-corrected chi connectivity index (χ0v) is 15.7. The first kappa shape index (κ1) is 18.8. The second kappa shape index (κ2) is 8.63. The molecule has 1 unspecified atom stereocenters. The summed E-state index contributed by atoms with van der Waals surface area (Å²) in [7, 11) is 0. The highest BCUT2D eigenvalue weighted by molar-refractivity contribution is 5.76. The molecule has 152 valence electrons. The predicted octanol–water partition coefficient (Wildman–Crippen LogP) is -1.99. The number of nitrogens with one attached hydrogen (secondary N) is 6. The lowest BCUT2D eigenvalue weighted by molar-refractivity contribution is -0.121. The van der Waals surface area contributed by atoms with Crippen LogP contribution >= 0.6 is 0 Å². The van der Waals surface area contributed by atoms with E-state index in [9.17, 15) is 4.79 Å². The monoisotopic (exact) mass is 397 g/mol. The summed E-state index contributed by atoms with van der Waals surface area (Å²) in [5, 5.41) is 6.50. The van der Waals surface area contributed by atoms with Crippen LogP contribution in [0.3, 0.4) is 0 Å². The summed E-state index contributed by atoms with van der Waals surface area (Å²) in [6.45, 7) is 0.840. The number of benzene rings is 1. The number of nitrogens with zero attached hydrogens (tertiary/aromatic N) is 2. The van der Waals surface area contributed by atoms with Crippen molar-refractivity contribution in [3.05, 3.63) is 64.5 Å². The predicted molar refractivity (Wildman–Crippen MR) is 104 cm³/mol. The van der Waals surface area contributed by atoms with Gasteiger partial charge in [0.2, 0.25) is 11.8 Å². The van der Waals surface area contributed by atoms with Gasteiger partial charge in [-0.05, 0) is 17.5 Å². The first-order valence-electron chi connectivity index (χ1n) is 9.24. The molecule has 0 bridgehead atoms. The lowest BCUT2D eigenvalue weighted by atomic mass is 10.1. The van der Waals surface area contributed by atoms with Gasteiger partial charge in [0, 0.05) is 24.9 Å². The number of ether oxygens (including phenoxy) is 1. The van der Waals surface area contributed by atoms with Gasteiger partial charge >= 0.3 is 0 Å². The molecule has 11 heteroatoms. The minimum absolute atomic E-state index is 0.00309. The van der Waals surface area contributed by atoms with E-state index in [1.165, 1.54) is 0 Å². The molecule has 29 heavy (non-hydrogen) atoms. The van der Waals surface area contributed by atoms with Gasteiger partial charge in [0.1, 0.15) is 6.61 Å². The van der Waals surface area contributed by atoms with Crippen molar-refractivity contribution < 1.29 is 9.53 Å². The number of carbonyl (C=O) groups excluding carboxylic acids is 1. The summed E-state index contributed by atoms with van der Waals surface area (Å²) >= 11 is 0. The molecule has 0 aliphatic carbocycles. The number of aromatic amines is 1. The van der Waals surface area contributed by atoms with E-state index >= 15 is 0 Å². The standard InChI is InChI=1S/C18H23N9O2/c19-18-24-16-15(21-10-22-16)17(25-18)29-9-12-3-1-11(2-4-12)7-20-14(28)6-5-13-8-23-27-26-13/h1-4,8,10,18,23,25-27H,5-7,9,19H2,(H,20,28)(H,21,22,24). The van der Waals surface area contributed by atoms with Crippen LogP contribution in [0.1, 0.15) is 24.0 Å². The van der Waals surface area contributed by atoms with Crippen molar-refractivity contribution in [1.82, 2.24) is 37.0 Å². The summed E-state index contributed by atoms with van der Waals surface area (Å²) in [5.41, 5.74) is 17.9. The molecule has 0 radical (unpaired) electrons. The van der Waals surface area contributed by atoms with Gasteiger partial charge in [0.15, 0.2) is 17.1 Å². The number of hydrogen-bond acceptors (Lipinski definition) is 9. The van der Waals surface area contributed by atoms with Crippen LogP contribution in [-0.4, -0.2) is 22.2 Å². The third-order valence-electron chi connectivity index (χ3n) is 4.44. The van der Waals surface area contributed by atoms with Crippen LogP contribution < -0.4 is 43.6 Å². The SMILES string of the molecule is NC1N=c2[nH]cnc2=C(OCc2ccc(CNC(=O)CCC3=CNNN3)cc2)N1. The molecule has 1 aromatic carbocycles. The molecule has 4 rings (SSSR count). The van der Waals surface area contributed by atoms with E-state index in [1.54, 1.807) is 12.5 Å². The molecule has 2 aliphatic rings. The van der Waals surface area contributed by atoms with Gasteiger partial charge in [0.05, 0.1) is 6.33 Å². The summed E-state index contributed by atoms with van der Waals surface area (Å²) in [6, 6.07) is 7.86. The number of hydrogen-bond donors (Lipinski definition) is 7. The summed E-state index contributed by atoms with van der Waals surface area (Å²) in [4.78, 5) is 23.3. The van der Waals surface area contributed by atoms with Gasteiger partial charge in [-0.3, -0.25) is 10.5 Å². The van der Waals surface area contributed by atoms with Crippen LogP contribution in [-0.2, 0) is 22.7 Å². The average molecular weight is 397 g/mol. The van der Waals surface area contributed by atoms with E-state index in [1.807, 2.05) is 24.3 Å². The molecule has 2 aliphatic heterocycles. The lowest BCUT2D eigenvalue weighted by Crippen LogP contribution is -2.48. The molecular weight excluding hydrogens is 374 g/mol. The van der Waals surface area contributed by atoms with Crippen molar-refractivity contribution in [2.24, 2.45) is 10.7 Å². The second-order valence-corrected chi connectivity index (χ2v) is 6.59. The Hall–Kier alpha value is -3.57. The van der Waals surface area contributed by atoms with Gasteiger partial charge in [0.25, 0.3) is 0 Å². The number of nitrogens with two attached hydrogens (primary N) is 1. The molecule has 0 saturated heterocycles. The molecule has 1 atom stereocenters. The third kappa shape index (κ3) is 4.83. The zero-order chi connectivity index (χ0) is 20.1. The van der Waals surface area contributed by atoms with E-state index in [0.717, 1.165) is 16.8 Å². The molecule has 0 saturated carbocycles. The molecule has 3 heterocycles. The lowest BCUT2D eigenvalue weighted by Gasteiger charge is -2.17. The van der Waals surface area contributed by atoms with Crippen molar-refractivity contribution >= 4 is 11.8 Å². The fraction of sp³-hybridized carbons (Fsp3) is 0.278. The molecule has 1 amide bonds. The highest BCUT2D eigenvalue weighted by Gasteiger charge is 2.13. The van der Waals surface area contributed by atoms with Crippen LogP contribution in [0, 0.1) is 0 Å². The fourth-order valence-corrected chi connectivity index (χ4v) is 2.89. The van der Waals surface area contributed by atoms with Gasteiger partial charge in [-0.25, -0.2) is 9.98 Å². The Bertz CT molecular complexity index is 1010. The van der Waals surface area contributed by atoms with Crippen molar-refractivity contribution in [1.29, 1.82) is 0 Å². The normalized spacial score (nSPS) is 17.2. The first-order chi connectivity index (χ1) is 14.2. The number of imidazole rings is 1. The summed E-state index contributed by atoms with van der Waals surface area (Å²) in [6.07, 6.45) is 3.84. The van der Waals surface area contributed by atoms with E-state index in [4.69, 9.17) is 10.5 Å². The average Bonchev–Trinajstić information content (AvgIpc) is 3.41. The topological polar surface area (TPSA) is 154 Å². The van der Waals surface area contributed by atoms with Crippen molar-refractivity contribution in [3.63, 3.8) is 0 Å². The zero-order valence-electron chi connectivity index (χ0n) is 15.7. The summed E-state index contributed by atoms with van der Waals surface area (Å²) in [5.74, 6) is 0.501. The molecular formula is C18H23N9O2. The molecule has 8 N–H and O–H groups in total. The van der Waals surface area contributed by atoms with Crippen LogP contribution in [0.25, 0.3) is 5.88 Å². The largest absolute Gasteiger partial charge is 0.473 e. The van der Waals surface area contributed by atoms with Crippen molar-refractivity contribution in [3.8, 4) is 0 Å².